The van der Waals surface area contributed by atoms with Crippen LogP contribution in [0.25, 0.3) is 0 Å². The van der Waals surface area contributed by atoms with Crippen LogP contribution in [0.3, 0.4) is 0 Å². The largest absolute Gasteiger partial charge is 0.389 e. The number of aryl methyl sites for hydroxylation is 2. The van der Waals surface area contributed by atoms with Crippen LogP contribution in [0.15, 0.2) is 18.2 Å². The lowest BCUT2D eigenvalue weighted by atomic mass is 9.82. The fraction of sp³-hybridized carbons (Fsp3) is 0.625. The van der Waals surface area contributed by atoms with Gasteiger partial charge in [-0.05, 0) is 46.2 Å². The Morgan fingerprint density at radius 1 is 1.28 bits per heavy atom. The quantitative estimate of drug-likeness (QED) is 0.868. The Balaban J connectivity index is 2.12. The monoisotopic (exact) mass is 247 g/mol. The Labute approximate surface area is 111 Å². The first-order chi connectivity index (χ1) is 8.38. The highest BCUT2D eigenvalue weighted by atomic mass is 16.3. The van der Waals surface area contributed by atoms with Gasteiger partial charge >= 0.3 is 0 Å². The van der Waals surface area contributed by atoms with E-state index in [-0.39, 0.29) is 0 Å². The van der Waals surface area contributed by atoms with Crippen LogP contribution in [0.1, 0.15) is 36.5 Å². The minimum absolute atomic E-state index is 0.467. The van der Waals surface area contributed by atoms with Crippen molar-refractivity contribution < 1.29 is 5.11 Å². The zero-order valence-corrected chi connectivity index (χ0v) is 12.0. The molecule has 1 heterocycles. The van der Waals surface area contributed by atoms with E-state index in [1.807, 2.05) is 0 Å². The number of nitrogens with zero attached hydrogens (tertiary/aromatic N) is 1. The van der Waals surface area contributed by atoms with Crippen LogP contribution in [0.2, 0.25) is 0 Å². The third kappa shape index (κ3) is 3.12. The summed E-state index contributed by atoms with van der Waals surface area (Å²) in [7, 11) is 2.14. The summed E-state index contributed by atoms with van der Waals surface area (Å²) >= 11 is 0. The third-order valence-electron chi connectivity index (χ3n) is 4.17. The molecule has 0 aliphatic carbocycles. The SMILES string of the molecule is Cc1cc(C)cc(CC2(O)CCN(C)C(C)C2)c1. The van der Waals surface area contributed by atoms with Gasteiger partial charge in [-0.15, -0.1) is 0 Å². The number of rotatable bonds is 2. The van der Waals surface area contributed by atoms with Gasteiger partial charge in [-0.3, -0.25) is 0 Å². The summed E-state index contributed by atoms with van der Waals surface area (Å²) in [6.45, 7) is 7.43. The van der Waals surface area contributed by atoms with Gasteiger partial charge in [-0.25, -0.2) is 0 Å². The highest BCUT2D eigenvalue weighted by Gasteiger charge is 2.35. The fourth-order valence-electron chi connectivity index (χ4n) is 3.12. The first-order valence-electron chi connectivity index (χ1n) is 6.88. The molecule has 0 aromatic heterocycles. The molecule has 1 saturated heterocycles. The Hall–Kier alpha value is -0.860. The molecule has 2 nitrogen and oxygen atoms in total. The summed E-state index contributed by atoms with van der Waals surface area (Å²) in [5.74, 6) is 0. The summed E-state index contributed by atoms with van der Waals surface area (Å²) in [5.41, 5.74) is 3.32. The van der Waals surface area contributed by atoms with E-state index < -0.39 is 5.60 Å². The van der Waals surface area contributed by atoms with E-state index in [9.17, 15) is 5.11 Å². The number of hydrogen-bond acceptors (Lipinski definition) is 2. The van der Waals surface area contributed by atoms with Crippen molar-refractivity contribution in [3.63, 3.8) is 0 Å². The van der Waals surface area contributed by atoms with E-state index in [1.54, 1.807) is 0 Å². The third-order valence-corrected chi connectivity index (χ3v) is 4.17. The van der Waals surface area contributed by atoms with Crippen LogP contribution in [0.5, 0.6) is 0 Å². The van der Waals surface area contributed by atoms with Crippen LogP contribution in [-0.4, -0.2) is 35.2 Å². The fourth-order valence-corrected chi connectivity index (χ4v) is 3.12. The van der Waals surface area contributed by atoms with Gasteiger partial charge in [-0.1, -0.05) is 29.3 Å². The Bertz CT molecular complexity index is 409. The molecule has 1 aromatic rings. The number of piperidine rings is 1. The summed E-state index contributed by atoms with van der Waals surface area (Å²) < 4.78 is 0. The van der Waals surface area contributed by atoms with Crippen molar-refractivity contribution in [3.05, 3.63) is 34.9 Å². The van der Waals surface area contributed by atoms with E-state index in [1.165, 1.54) is 16.7 Å². The van der Waals surface area contributed by atoms with Crippen molar-refractivity contribution in [1.82, 2.24) is 4.90 Å². The second kappa shape index (κ2) is 5.02. The molecular weight excluding hydrogens is 222 g/mol. The highest BCUT2D eigenvalue weighted by Crippen LogP contribution is 2.29. The zero-order valence-electron chi connectivity index (χ0n) is 12.0. The Morgan fingerprint density at radius 2 is 1.89 bits per heavy atom. The normalized spacial score (nSPS) is 29.5. The predicted molar refractivity (Wildman–Crippen MR) is 75.9 cm³/mol. The minimum Gasteiger partial charge on any atom is -0.389 e. The van der Waals surface area contributed by atoms with Crippen molar-refractivity contribution in [3.8, 4) is 0 Å². The lowest BCUT2D eigenvalue weighted by Gasteiger charge is -2.41. The molecule has 0 bridgehead atoms. The van der Waals surface area contributed by atoms with Crippen LogP contribution in [-0.2, 0) is 6.42 Å². The van der Waals surface area contributed by atoms with Crippen molar-refractivity contribution >= 4 is 0 Å². The van der Waals surface area contributed by atoms with Crippen LogP contribution < -0.4 is 0 Å². The average Bonchev–Trinajstić information content (AvgIpc) is 2.22. The first-order valence-corrected chi connectivity index (χ1v) is 6.88. The number of hydrogen-bond donors (Lipinski definition) is 1. The highest BCUT2D eigenvalue weighted by molar-refractivity contribution is 5.29. The molecular formula is C16H25NO. The molecule has 18 heavy (non-hydrogen) atoms. The van der Waals surface area contributed by atoms with Gasteiger partial charge < -0.3 is 10.0 Å². The Kier molecular flexibility index (Phi) is 3.79. The molecule has 2 rings (SSSR count). The molecule has 100 valence electrons. The molecule has 1 fully saturated rings. The molecule has 1 aliphatic rings. The smallest absolute Gasteiger partial charge is 0.0714 e. The molecule has 2 unspecified atom stereocenters. The molecule has 0 amide bonds. The molecule has 1 N–H and O–H groups in total. The van der Waals surface area contributed by atoms with Gasteiger partial charge in [0.2, 0.25) is 0 Å². The molecule has 0 saturated carbocycles. The maximum absolute atomic E-state index is 10.8. The van der Waals surface area contributed by atoms with Crippen molar-refractivity contribution in [2.75, 3.05) is 13.6 Å². The Morgan fingerprint density at radius 3 is 2.44 bits per heavy atom. The molecule has 2 atom stereocenters. The van der Waals surface area contributed by atoms with E-state index >= 15 is 0 Å². The first kappa shape index (κ1) is 13.6. The van der Waals surface area contributed by atoms with E-state index in [0.717, 1.165) is 25.8 Å². The van der Waals surface area contributed by atoms with Crippen LogP contribution >= 0.6 is 0 Å². The standard InChI is InChI=1S/C16H25NO/c1-12-7-13(2)9-15(8-12)11-16(18)5-6-17(4)14(3)10-16/h7-9,14,18H,5-6,10-11H2,1-4H3. The summed E-state index contributed by atoms with van der Waals surface area (Å²) in [4.78, 5) is 2.33. The van der Waals surface area contributed by atoms with Crippen molar-refractivity contribution in [2.45, 2.75) is 51.7 Å². The van der Waals surface area contributed by atoms with E-state index in [0.29, 0.717) is 6.04 Å². The van der Waals surface area contributed by atoms with Crippen molar-refractivity contribution in [1.29, 1.82) is 0 Å². The van der Waals surface area contributed by atoms with Gasteiger partial charge in [0.25, 0.3) is 0 Å². The maximum atomic E-state index is 10.8. The van der Waals surface area contributed by atoms with E-state index in [4.69, 9.17) is 0 Å². The number of aliphatic hydroxyl groups is 1. The summed E-state index contributed by atoms with van der Waals surface area (Å²) in [6, 6.07) is 7.06. The topological polar surface area (TPSA) is 23.5 Å². The van der Waals surface area contributed by atoms with Crippen LogP contribution in [0, 0.1) is 13.8 Å². The molecule has 1 aromatic carbocycles. The molecule has 1 aliphatic heterocycles. The minimum atomic E-state index is -0.522. The predicted octanol–water partition coefficient (Wildman–Crippen LogP) is 2.69. The molecule has 0 spiro atoms. The van der Waals surface area contributed by atoms with Gasteiger partial charge in [0, 0.05) is 19.0 Å². The lowest BCUT2D eigenvalue weighted by Crippen LogP contribution is -2.48. The van der Waals surface area contributed by atoms with Gasteiger partial charge in [0.1, 0.15) is 0 Å². The lowest BCUT2D eigenvalue weighted by molar-refractivity contribution is -0.0353. The molecule has 0 radical (unpaired) electrons. The van der Waals surface area contributed by atoms with Gasteiger partial charge in [0.15, 0.2) is 0 Å². The second-order valence-electron chi connectivity index (χ2n) is 6.18. The van der Waals surface area contributed by atoms with Crippen molar-refractivity contribution in [2.24, 2.45) is 0 Å². The van der Waals surface area contributed by atoms with Crippen LogP contribution in [0.4, 0.5) is 0 Å². The summed E-state index contributed by atoms with van der Waals surface area (Å²) in [5, 5.41) is 10.8. The average molecular weight is 247 g/mol. The van der Waals surface area contributed by atoms with Gasteiger partial charge in [0.05, 0.1) is 5.60 Å². The number of likely N-dealkylation sites (tertiary alicyclic amines) is 1. The zero-order chi connectivity index (χ0) is 13.3. The maximum Gasteiger partial charge on any atom is 0.0714 e. The van der Waals surface area contributed by atoms with Gasteiger partial charge in [-0.2, -0.15) is 0 Å². The summed E-state index contributed by atoms with van der Waals surface area (Å²) in [6.07, 6.45) is 2.53. The van der Waals surface area contributed by atoms with E-state index in [2.05, 4.69) is 50.9 Å². The second-order valence-corrected chi connectivity index (χ2v) is 6.18. The number of benzene rings is 1. The molecule has 2 heteroatoms.